The minimum atomic E-state index is -0.346. The van der Waals surface area contributed by atoms with Crippen LogP contribution < -0.4 is 0 Å². The molecule has 0 aliphatic rings. The van der Waals surface area contributed by atoms with Crippen LogP contribution in [0.4, 0.5) is 5.69 Å². The molecule has 3 nitrogen and oxygen atoms in total. The van der Waals surface area contributed by atoms with Gasteiger partial charge in [0.15, 0.2) is 0 Å². The number of thiophene rings is 1. The van der Waals surface area contributed by atoms with Crippen molar-refractivity contribution in [3.05, 3.63) is 35.7 Å². The fourth-order valence-electron chi connectivity index (χ4n) is 1.22. The number of halogens is 2. The van der Waals surface area contributed by atoms with E-state index in [0.29, 0.717) is 9.86 Å². The minimum absolute atomic E-state index is 0.160. The van der Waals surface area contributed by atoms with E-state index in [0.717, 1.165) is 8.27 Å². The summed E-state index contributed by atoms with van der Waals surface area (Å²) in [5.41, 5.74) is 0.160. The number of rotatable bonds is 1. The Morgan fingerprint density at radius 2 is 2.29 bits per heavy atom. The van der Waals surface area contributed by atoms with Crippen LogP contribution in [0, 0.1) is 13.7 Å². The van der Waals surface area contributed by atoms with Crippen molar-refractivity contribution in [1.29, 1.82) is 0 Å². The highest BCUT2D eigenvalue weighted by Crippen LogP contribution is 2.39. The molecule has 0 radical (unpaired) electrons. The lowest BCUT2D eigenvalue weighted by Gasteiger charge is -1.99. The van der Waals surface area contributed by atoms with Gasteiger partial charge in [0.25, 0.3) is 5.69 Å². The van der Waals surface area contributed by atoms with Crippen molar-refractivity contribution in [2.45, 2.75) is 0 Å². The largest absolute Gasteiger partial charge is 0.293 e. The van der Waals surface area contributed by atoms with E-state index >= 15 is 0 Å². The molecule has 6 heteroatoms. The second-order valence-electron chi connectivity index (χ2n) is 2.61. The summed E-state index contributed by atoms with van der Waals surface area (Å²) < 4.78 is 2.38. The van der Waals surface area contributed by atoms with Crippen LogP contribution in [0.15, 0.2) is 22.0 Å². The lowest BCUT2D eigenvalue weighted by Crippen LogP contribution is -1.91. The molecule has 0 aliphatic heterocycles. The van der Waals surface area contributed by atoms with Gasteiger partial charge < -0.3 is 0 Å². The lowest BCUT2D eigenvalue weighted by molar-refractivity contribution is -0.383. The number of benzene rings is 1. The summed E-state index contributed by atoms with van der Waals surface area (Å²) >= 11 is 6.84. The number of hydrogen-bond acceptors (Lipinski definition) is 3. The van der Waals surface area contributed by atoms with Crippen LogP contribution in [-0.2, 0) is 0 Å². The molecule has 0 fully saturated rings. The molecule has 0 saturated carbocycles. The molecule has 2 rings (SSSR count). The van der Waals surface area contributed by atoms with Gasteiger partial charge in [-0.05, 0) is 56.0 Å². The van der Waals surface area contributed by atoms with Gasteiger partial charge in [0, 0.05) is 8.27 Å². The van der Waals surface area contributed by atoms with Crippen molar-refractivity contribution >= 4 is 65.6 Å². The van der Waals surface area contributed by atoms with E-state index in [1.54, 1.807) is 6.07 Å². The summed E-state index contributed by atoms with van der Waals surface area (Å²) in [5, 5.41) is 13.4. The van der Waals surface area contributed by atoms with Crippen molar-refractivity contribution < 1.29 is 4.92 Å². The highest BCUT2D eigenvalue weighted by molar-refractivity contribution is 14.1. The SMILES string of the molecule is O=[N+]([O-])c1c(Br)c(I)cc2sccc12. The molecule has 0 saturated heterocycles. The Hall–Kier alpha value is -0.210. The van der Waals surface area contributed by atoms with Crippen molar-refractivity contribution in [3.63, 3.8) is 0 Å². The van der Waals surface area contributed by atoms with Gasteiger partial charge in [-0.2, -0.15) is 0 Å². The zero-order chi connectivity index (χ0) is 10.3. The average molecular weight is 384 g/mol. The fourth-order valence-corrected chi connectivity index (χ4v) is 3.30. The predicted octanol–water partition coefficient (Wildman–Crippen LogP) is 4.18. The van der Waals surface area contributed by atoms with Gasteiger partial charge in [0.05, 0.1) is 10.3 Å². The lowest BCUT2D eigenvalue weighted by atomic mass is 10.2. The Bertz CT molecular complexity index is 525. The maximum atomic E-state index is 10.9. The summed E-state index contributed by atoms with van der Waals surface area (Å²) in [4.78, 5) is 10.5. The Kier molecular flexibility index (Phi) is 2.76. The van der Waals surface area contributed by atoms with Gasteiger partial charge in [-0.1, -0.05) is 0 Å². The Morgan fingerprint density at radius 3 is 2.93 bits per heavy atom. The summed E-state index contributed by atoms with van der Waals surface area (Å²) in [5.74, 6) is 0. The zero-order valence-electron chi connectivity index (χ0n) is 6.66. The molecular formula is C8H3BrINO2S. The molecule has 0 amide bonds. The number of fused-ring (bicyclic) bond motifs is 1. The third-order valence-corrected chi connectivity index (χ3v) is 5.07. The van der Waals surface area contributed by atoms with E-state index in [9.17, 15) is 10.1 Å². The minimum Gasteiger partial charge on any atom is -0.258 e. The molecule has 72 valence electrons. The Morgan fingerprint density at radius 1 is 1.57 bits per heavy atom. The van der Waals surface area contributed by atoms with Crippen LogP contribution in [-0.4, -0.2) is 4.92 Å². The molecule has 1 heterocycles. The Labute approximate surface area is 106 Å². The van der Waals surface area contributed by atoms with Crippen molar-refractivity contribution in [1.82, 2.24) is 0 Å². The van der Waals surface area contributed by atoms with E-state index in [-0.39, 0.29) is 10.6 Å². The summed E-state index contributed by atoms with van der Waals surface area (Å²) in [6, 6.07) is 3.72. The van der Waals surface area contributed by atoms with Gasteiger partial charge in [-0.15, -0.1) is 11.3 Å². The van der Waals surface area contributed by atoms with Gasteiger partial charge >= 0.3 is 0 Å². The first-order valence-corrected chi connectivity index (χ1v) is 6.36. The highest BCUT2D eigenvalue weighted by atomic mass is 127. The molecule has 0 spiro atoms. The molecule has 0 N–H and O–H groups in total. The molecule has 0 unspecified atom stereocenters. The molecule has 0 bridgehead atoms. The van der Waals surface area contributed by atoms with E-state index in [1.807, 2.05) is 11.4 Å². The van der Waals surface area contributed by atoms with Crippen LogP contribution >= 0.6 is 49.9 Å². The van der Waals surface area contributed by atoms with Gasteiger partial charge in [0.2, 0.25) is 0 Å². The predicted molar refractivity (Wildman–Crippen MR) is 68.9 cm³/mol. The summed E-state index contributed by atoms with van der Waals surface area (Å²) in [6.45, 7) is 0. The molecule has 0 atom stereocenters. The molecule has 14 heavy (non-hydrogen) atoms. The summed E-state index contributed by atoms with van der Waals surface area (Å²) in [7, 11) is 0. The van der Waals surface area contributed by atoms with E-state index in [4.69, 9.17) is 0 Å². The fraction of sp³-hybridized carbons (Fsp3) is 0. The highest BCUT2D eigenvalue weighted by Gasteiger charge is 2.20. The molecule has 2 aromatic rings. The van der Waals surface area contributed by atoms with Crippen molar-refractivity contribution in [2.24, 2.45) is 0 Å². The third-order valence-electron chi connectivity index (χ3n) is 1.81. The van der Waals surface area contributed by atoms with E-state index in [2.05, 4.69) is 38.5 Å². The molecule has 1 aromatic heterocycles. The van der Waals surface area contributed by atoms with E-state index < -0.39 is 0 Å². The van der Waals surface area contributed by atoms with Crippen LogP contribution in [0.25, 0.3) is 10.1 Å². The van der Waals surface area contributed by atoms with E-state index in [1.165, 1.54) is 11.3 Å². The van der Waals surface area contributed by atoms with Crippen molar-refractivity contribution in [3.8, 4) is 0 Å². The maximum absolute atomic E-state index is 10.9. The topological polar surface area (TPSA) is 43.1 Å². The van der Waals surface area contributed by atoms with Crippen LogP contribution in [0.3, 0.4) is 0 Å². The van der Waals surface area contributed by atoms with Gasteiger partial charge in [-0.3, -0.25) is 10.1 Å². The third kappa shape index (κ3) is 1.55. The zero-order valence-corrected chi connectivity index (χ0v) is 11.2. The first-order valence-electron chi connectivity index (χ1n) is 3.61. The smallest absolute Gasteiger partial charge is 0.258 e. The first-order chi connectivity index (χ1) is 6.61. The number of nitro benzene ring substituents is 1. The normalized spacial score (nSPS) is 10.7. The van der Waals surface area contributed by atoms with Crippen LogP contribution in [0.1, 0.15) is 0 Å². The van der Waals surface area contributed by atoms with Crippen LogP contribution in [0.5, 0.6) is 0 Å². The first kappa shape index (κ1) is 10.3. The van der Waals surface area contributed by atoms with Crippen molar-refractivity contribution in [2.75, 3.05) is 0 Å². The second kappa shape index (κ2) is 3.74. The second-order valence-corrected chi connectivity index (χ2v) is 5.51. The maximum Gasteiger partial charge on any atom is 0.293 e. The summed E-state index contributed by atoms with van der Waals surface area (Å²) in [6.07, 6.45) is 0. The monoisotopic (exact) mass is 383 g/mol. The van der Waals surface area contributed by atoms with Gasteiger partial charge in [0.1, 0.15) is 4.47 Å². The molecule has 1 aromatic carbocycles. The quantitative estimate of drug-likeness (QED) is 0.421. The Balaban J connectivity index is 2.93. The van der Waals surface area contributed by atoms with Gasteiger partial charge in [-0.25, -0.2) is 0 Å². The van der Waals surface area contributed by atoms with Crippen LogP contribution in [0.2, 0.25) is 0 Å². The molecule has 0 aliphatic carbocycles. The standard InChI is InChI=1S/C8H3BrINO2S/c9-7-5(10)3-6-4(1-2-14-6)8(7)11(12)13/h1-3H. The molecular weight excluding hydrogens is 381 g/mol. The number of hydrogen-bond donors (Lipinski definition) is 0. The number of nitro groups is 1. The average Bonchev–Trinajstić information content (AvgIpc) is 2.52. The number of nitrogens with zero attached hydrogens (tertiary/aromatic N) is 1.